The average Bonchev–Trinajstić information content (AvgIpc) is 2.89. The van der Waals surface area contributed by atoms with Gasteiger partial charge in [-0.15, -0.1) is 0 Å². The Morgan fingerprint density at radius 1 is 0.862 bits per heavy atom. The van der Waals surface area contributed by atoms with Gasteiger partial charge in [0.25, 0.3) is 5.91 Å². The van der Waals surface area contributed by atoms with E-state index in [2.05, 4.69) is 0 Å². The minimum absolute atomic E-state index is 0.0365. The van der Waals surface area contributed by atoms with Gasteiger partial charge < -0.3 is 14.7 Å². The fourth-order valence-corrected chi connectivity index (χ4v) is 3.83. The maximum absolute atomic E-state index is 13.5. The number of anilines is 1. The first-order valence-corrected chi connectivity index (χ1v) is 10.0. The number of aliphatic hydroxyl groups is 1. The molecule has 0 bridgehead atoms. The molecule has 4 nitrogen and oxygen atoms in total. The van der Waals surface area contributed by atoms with Crippen LogP contribution in [0.2, 0.25) is 0 Å². The fourth-order valence-electron chi connectivity index (χ4n) is 3.83. The van der Waals surface area contributed by atoms with Crippen molar-refractivity contribution in [3.63, 3.8) is 0 Å². The summed E-state index contributed by atoms with van der Waals surface area (Å²) in [6.07, 6.45) is 0.0649. The van der Waals surface area contributed by atoms with Crippen molar-refractivity contribution in [2.75, 3.05) is 11.5 Å². The number of benzene rings is 3. The highest BCUT2D eigenvalue weighted by atomic mass is 16.5. The molecule has 0 saturated heterocycles. The van der Waals surface area contributed by atoms with Crippen molar-refractivity contribution in [2.24, 2.45) is 0 Å². The van der Waals surface area contributed by atoms with Gasteiger partial charge in [0.2, 0.25) is 0 Å². The van der Waals surface area contributed by atoms with E-state index in [4.69, 9.17) is 4.74 Å². The van der Waals surface area contributed by atoms with Crippen molar-refractivity contribution in [1.82, 2.24) is 0 Å². The van der Waals surface area contributed by atoms with E-state index in [0.717, 1.165) is 22.4 Å². The molecule has 0 unspecified atom stereocenters. The van der Waals surface area contributed by atoms with E-state index in [1.165, 1.54) is 0 Å². The third-order valence-electron chi connectivity index (χ3n) is 5.26. The smallest absolute Gasteiger partial charge is 0.256 e. The molecule has 1 aliphatic rings. The Hall–Kier alpha value is -2.95. The standard InChI is InChI=1S/C25H25NO3/c27-17-9-16-23-25(28)26(18-19-10-3-1-4-11-19)22-15-8-7-14-21(22)24(29-23)20-12-5-2-6-13-20/h1-8,10-15,23-24,27H,9,16-18H2/t23-,24-/m1/s1. The van der Waals surface area contributed by atoms with Crippen LogP contribution in [0.1, 0.15) is 35.6 Å². The zero-order valence-electron chi connectivity index (χ0n) is 16.3. The van der Waals surface area contributed by atoms with Crippen molar-refractivity contribution in [3.05, 3.63) is 102 Å². The SMILES string of the molecule is O=C1[C@@H](CCCO)O[C@H](c2ccccc2)c2ccccc2N1Cc1ccccc1. The van der Waals surface area contributed by atoms with Crippen LogP contribution in [0.15, 0.2) is 84.9 Å². The lowest BCUT2D eigenvalue weighted by atomic mass is 9.99. The number of nitrogens with zero attached hydrogens (tertiary/aromatic N) is 1. The minimum atomic E-state index is -0.608. The molecule has 3 aromatic rings. The second kappa shape index (κ2) is 9.03. The lowest BCUT2D eigenvalue weighted by Gasteiger charge is -2.25. The third kappa shape index (κ3) is 4.24. The Bertz CT molecular complexity index is 943. The molecule has 0 aromatic heterocycles. The molecule has 4 rings (SSSR count). The first-order valence-electron chi connectivity index (χ1n) is 10.0. The highest BCUT2D eigenvalue weighted by molar-refractivity contribution is 5.98. The topological polar surface area (TPSA) is 49.8 Å². The normalized spacial score (nSPS) is 18.9. The summed E-state index contributed by atoms with van der Waals surface area (Å²) in [6, 6.07) is 28.0. The number of carbonyl (C=O) groups is 1. The highest BCUT2D eigenvalue weighted by Gasteiger charge is 2.35. The van der Waals surface area contributed by atoms with Crippen LogP contribution in [0.25, 0.3) is 0 Å². The van der Waals surface area contributed by atoms with E-state index >= 15 is 0 Å². The molecular formula is C25H25NO3. The predicted octanol–water partition coefficient (Wildman–Crippen LogP) is 4.48. The number of ether oxygens (including phenoxy) is 1. The summed E-state index contributed by atoms with van der Waals surface area (Å²) < 4.78 is 6.40. The summed E-state index contributed by atoms with van der Waals surface area (Å²) in [5.74, 6) is -0.0619. The number of fused-ring (bicyclic) bond motifs is 1. The number of hydrogen-bond donors (Lipinski definition) is 1. The van der Waals surface area contributed by atoms with E-state index in [9.17, 15) is 9.90 Å². The van der Waals surface area contributed by atoms with Crippen LogP contribution >= 0.6 is 0 Å². The first kappa shape index (κ1) is 19.4. The number of hydrogen-bond acceptors (Lipinski definition) is 3. The maximum Gasteiger partial charge on any atom is 0.256 e. The minimum Gasteiger partial charge on any atom is -0.396 e. The zero-order chi connectivity index (χ0) is 20.1. The molecule has 1 aliphatic heterocycles. The number of para-hydroxylation sites is 1. The van der Waals surface area contributed by atoms with Gasteiger partial charge in [-0.05, 0) is 30.0 Å². The number of aliphatic hydroxyl groups excluding tert-OH is 1. The molecule has 0 spiro atoms. The first-order chi connectivity index (χ1) is 14.3. The highest BCUT2D eigenvalue weighted by Crippen LogP contribution is 2.39. The molecule has 1 N–H and O–H groups in total. The van der Waals surface area contributed by atoms with Crippen molar-refractivity contribution in [2.45, 2.75) is 31.6 Å². The van der Waals surface area contributed by atoms with Crippen LogP contribution in [0, 0.1) is 0 Å². The van der Waals surface area contributed by atoms with Crippen molar-refractivity contribution >= 4 is 11.6 Å². The quantitative estimate of drug-likeness (QED) is 0.678. The zero-order valence-corrected chi connectivity index (χ0v) is 16.3. The Labute approximate surface area is 171 Å². The second-order valence-electron chi connectivity index (χ2n) is 7.25. The van der Waals surface area contributed by atoms with Gasteiger partial charge >= 0.3 is 0 Å². The molecule has 2 atom stereocenters. The van der Waals surface area contributed by atoms with Crippen molar-refractivity contribution in [1.29, 1.82) is 0 Å². The summed E-state index contributed by atoms with van der Waals surface area (Å²) in [4.78, 5) is 15.3. The Balaban J connectivity index is 1.79. The maximum atomic E-state index is 13.5. The predicted molar refractivity (Wildman–Crippen MR) is 114 cm³/mol. The largest absolute Gasteiger partial charge is 0.396 e. The summed E-state index contributed by atoms with van der Waals surface area (Å²) in [6.45, 7) is 0.520. The van der Waals surface area contributed by atoms with Crippen LogP contribution in [0.3, 0.4) is 0 Å². The van der Waals surface area contributed by atoms with E-state index < -0.39 is 6.10 Å². The van der Waals surface area contributed by atoms with Gasteiger partial charge in [-0.2, -0.15) is 0 Å². The molecule has 0 saturated carbocycles. The second-order valence-corrected chi connectivity index (χ2v) is 7.25. The molecule has 3 aromatic carbocycles. The van der Waals surface area contributed by atoms with E-state index in [1.807, 2.05) is 89.8 Å². The third-order valence-corrected chi connectivity index (χ3v) is 5.26. The number of rotatable bonds is 6. The summed E-state index contributed by atoms with van der Waals surface area (Å²) in [5.41, 5.74) is 3.94. The van der Waals surface area contributed by atoms with Gasteiger partial charge in [0.05, 0.1) is 12.2 Å². The monoisotopic (exact) mass is 387 g/mol. The van der Waals surface area contributed by atoms with E-state index in [-0.39, 0.29) is 18.6 Å². The molecule has 1 amide bonds. The van der Waals surface area contributed by atoms with Gasteiger partial charge in [-0.1, -0.05) is 78.9 Å². The molecule has 148 valence electrons. The molecule has 4 heteroatoms. The number of amides is 1. The lowest BCUT2D eigenvalue weighted by molar-refractivity contribution is -0.132. The van der Waals surface area contributed by atoms with Crippen LogP contribution < -0.4 is 4.90 Å². The van der Waals surface area contributed by atoms with Crippen LogP contribution in [-0.4, -0.2) is 23.7 Å². The summed E-state index contributed by atoms with van der Waals surface area (Å²) in [5, 5.41) is 9.33. The molecule has 1 heterocycles. The number of carbonyl (C=O) groups excluding carboxylic acids is 1. The molecule has 29 heavy (non-hydrogen) atoms. The van der Waals surface area contributed by atoms with Gasteiger partial charge in [0, 0.05) is 12.2 Å². The molecule has 0 radical (unpaired) electrons. The van der Waals surface area contributed by atoms with Gasteiger partial charge in [0.1, 0.15) is 12.2 Å². The van der Waals surface area contributed by atoms with Crippen LogP contribution in [0.4, 0.5) is 5.69 Å². The Kier molecular flexibility index (Phi) is 6.03. The average molecular weight is 387 g/mol. The van der Waals surface area contributed by atoms with Crippen LogP contribution in [-0.2, 0) is 16.1 Å². The Morgan fingerprint density at radius 2 is 1.52 bits per heavy atom. The molecule has 0 aliphatic carbocycles. The molecule has 0 fully saturated rings. The fraction of sp³-hybridized carbons (Fsp3) is 0.240. The lowest BCUT2D eigenvalue weighted by Crippen LogP contribution is -2.39. The van der Waals surface area contributed by atoms with Crippen molar-refractivity contribution < 1.29 is 14.6 Å². The Morgan fingerprint density at radius 3 is 2.24 bits per heavy atom. The van der Waals surface area contributed by atoms with Gasteiger partial charge in [-0.3, -0.25) is 4.79 Å². The van der Waals surface area contributed by atoms with Gasteiger partial charge in [0.15, 0.2) is 0 Å². The summed E-state index contributed by atoms with van der Waals surface area (Å²) in [7, 11) is 0. The van der Waals surface area contributed by atoms with E-state index in [0.29, 0.717) is 19.4 Å². The summed E-state index contributed by atoms with van der Waals surface area (Å²) >= 11 is 0. The van der Waals surface area contributed by atoms with Crippen molar-refractivity contribution in [3.8, 4) is 0 Å². The van der Waals surface area contributed by atoms with E-state index in [1.54, 1.807) is 0 Å². The van der Waals surface area contributed by atoms with Crippen LogP contribution in [0.5, 0.6) is 0 Å². The van der Waals surface area contributed by atoms with Gasteiger partial charge in [-0.25, -0.2) is 0 Å². The molecular weight excluding hydrogens is 362 g/mol.